The summed E-state index contributed by atoms with van der Waals surface area (Å²) in [6.45, 7) is 4.63. The molecule has 0 spiro atoms. The monoisotopic (exact) mass is 428 g/mol. The highest BCUT2D eigenvalue weighted by atomic mass is 32.1. The third kappa shape index (κ3) is 4.53. The molecular formula is C22H28N4O3S. The molecule has 7 nitrogen and oxygen atoms in total. The summed E-state index contributed by atoms with van der Waals surface area (Å²) >= 11 is 1.77. The molecule has 2 aromatic rings. The number of methoxy groups -OCH3 is 1. The van der Waals surface area contributed by atoms with Crippen LogP contribution in [0.15, 0.2) is 35.7 Å². The van der Waals surface area contributed by atoms with Crippen molar-refractivity contribution in [2.24, 2.45) is 0 Å². The zero-order chi connectivity index (χ0) is 20.9. The summed E-state index contributed by atoms with van der Waals surface area (Å²) in [4.78, 5) is 32.3. The van der Waals surface area contributed by atoms with Gasteiger partial charge in [0, 0.05) is 57.1 Å². The molecule has 0 saturated carbocycles. The fourth-order valence-electron chi connectivity index (χ4n) is 4.05. The number of amides is 3. The molecule has 3 heterocycles. The number of carbonyl (C=O) groups is 2. The van der Waals surface area contributed by atoms with Crippen molar-refractivity contribution in [1.29, 1.82) is 0 Å². The first kappa shape index (κ1) is 20.5. The second kappa shape index (κ2) is 9.38. The highest BCUT2D eigenvalue weighted by molar-refractivity contribution is 7.10. The van der Waals surface area contributed by atoms with Crippen LogP contribution in [0.3, 0.4) is 0 Å². The molecule has 2 aliphatic rings. The van der Waals surface area contributed by atoms with Crippen molar-refractivity contribution in [3.8, 4) is 5.75 Å². The Hall–Kier alpha value is -2.74. The number of ether oxygens (including phenoxy) is 1. The standard InChI is InChI=1S/C22H28N4O3S/c1-29-19-5-3-2-4-18(19)24-11-13-25(14-12-24)22(28)23-9-6-21(27)26-10-7-20-17(16-26)8-15-30-20/h2-5,8,15H,6-7,9-14,16H2,1H3,(H,23,28). The first-order valence-electron chi connectivity index (χ1n) is 10.4. The Morgan fingerprint density at radius 3 is 2.67 bits per heavy atom. The summed E-state index contributed by atoms with van der Waals surface area (Å²) in [5, 5.41) is 5.00. The van der Waals surface area contributed by atoms with Gasteiger partial charge >= 0.3 is 6.03 Å². The van der Waals surface area contributed by atoms with Crippen molar-refractivity contribution in [2.75, 3.05) is 51.3 Å². The predicted octanol–water partition coefficient (Wildman–Crippen LogP) is 2.56. The maximum absolute atomic E-state index is 12.5. The smallest absolute Gasteiger partial charge is 0.317 e. The Morgan fingerprint density at radius 1 is 1.07 bits per heavy atom. The molecule has 0 radical (unpaired) electrons. The summed E-state index contributed by atoms with van der Waals surface area (Å²) in [7, 11) is 1.67. The van der Waals surface area contributed by atoms with Crippen LogP contribution >= 0.6 is 11.3 Å². The van der Waals surface area contributed by atoms with Crippen molar-refractivity contribution >= 4 is 29.0 Å². The number of thiophene rings is 1. The summed E-state index contributed by atoms with van der Waals surface area (Å²) in [5.41, 5.74) is 2.32. The van der Waals surface area contributed by atoms with E-state index in [1.165, 1.54) is 10.4 Å². The van der Waals surface area contributed by atoms with Gasteiger partial charge in [-0.1, -0.05) is 12.1 Å². The second-order valence-electron chi connectivity index (χ2n) is 7.56. The van der Waals surface area contributed by atoms with E-state index >= 15 is 0 Å². The number of urea groups is 1. The molecule has 160 valence electrons. The lowest BCUT2D eigenvalue weighted by Crippen LogP contribution is -2.52. The number of para-hydroxylation sites is 2. The number of anilines is 1. The van der Waals surface area contributed by atoms with Crippen molar-refractivity contribution < 1.29 is 14.3 Å². The zero-order valence-corrected chi connectivity index (χ0v) is 18.1. The number of fused-ring (bicyclic) bond motifs is 1. The minimum absolute atomic E-state index is 0.0961. The molecule has 1 N–H and O–H groups in total. The Morgan fingerprint density at radius 2 is 1.87 bits per heavy atom. The van der Waals surface area contributed by atoms with Crippen LogP contribution in [0.4, 0.5) is 10.5 Å². The van der Waals surface area contributed by atoms with Gasteiger partial charge in [0.15, 0.2) is 0 Å². The van der Waals surface area contributed by atoms with E-state index in [4.69, 9.17) is 4.74 Å². The number of benzene rings is 1. The van der Waals surface area contributed by atoms with Crippen LogP contribution in [0.1, 0.15) is 16.9 Å². The van der Waals surface area contributed by atoms with Gasteiger partial charge in [-0.05, 0) is 35.6 Å². The number of piperazine rings is 1. The fraction of sp³-hybridized carbons (Fsp3) is 0.455. The lowest BCUT2D eigenvalue weighted by molar-refractivity contribution is -0.131. The quantitative estimate of drug-likeness (QED) is 0.795. The molecule has 0 unspecified atom stereocenters. The fourth-order valence-corrected chi connectivity index (χ4v) is 4.94. The first-order valence-corrected chi connectivity index (χ1v) is 11.3. The Bertz CT molecular complexity index is 892. The number of carbonyl (C=O) groups excluding carboxylic acids is 2. The van der Waals surface area contributed by atoms with E-state index in [-0.39, 0.29) is 11.9 Å². The molecule has 1 fully saturated rings. The molecular weight excluding hydrogens is 400 g/mol. The van der Waals surface area contributed by atoms with Gasteiger partial charge in [-0.25, -0.2) is 4.79 Å². The van der Waals surface area contributed by atoms with E-state index in [1.54, 1.807) is 18.4 Å². The van der Waals surface area contributed by atoms with Crippen LogP contribution in [-0.2, 0) is 17.8 Å². The molecule has 1 aromatic carbocycles. The average Bonchev–Trinajstić information content (AvgIpc) is 3.27. The summed E-state index contributed by atoms with van der Waals surface area (Å²) in [6, 6.07) is 9.95. The molecule has 0 atom stereocenters. The Balaban J connectivity index is 1.20. The van der Waals surface area contributed by atoms with E-state index in [1.807, 2.05) is 34.1 Å². The predicted molar refractivity (Wildman–Crippen MR) is 118 cm³/mol. The van der Waals surface area contributed by atoms with Gasteiger partial charge in [0.2, 0.25) is 5.91 Å². The van der Waals surface area contributed by atoms with Gasteiger partial charge in [0.1, 0.15) is 5.75 Å². The number of nitrogens with zero attached hydrogens (tertiary/aromatic N) is 3. The van der Waals surface area contributed by atoms with Crippen molar-refractivity contribution in [3.05, 3.63) is 46.2 Å². The molecule has 2 aliphatic heterocycles. The largest absolute Gasteiger partial charge is 0.495 e. The van der Waals surface area contributed by atoms with Crippen LogP contribution in [0, 0.1) is 0 Å². The van der Waals surface area contributed by atoms with Crippen LogP contribution in [0.2, 0.25) is 0 Å². The highest BCUT2D eigenvalue weighted by Crippen LogP contribution is 2.28. The minimum Gasteiger partial charge on any atom is -0.495 e. The normalized spacial score (nSPS) is 16.2. The molecule has 1 aromatic heterocycles. The lowest BCUT2D eigenvalue weighted by Gasteiger charge is -2.36. The molecule has 3 amide bonds. The van der Waals surface area contributed by atoms with Crippen molar-refractivity contribution in [3.63, 3.8) is 0 Å². The third-order valence-electron chi connectivity index (χ3n) is 5.77. The van der Waals surface area contributed by atoms with Gasteiger partial charge in [0.05, 0.1) is 12.8 Å². The lowest BCUT2D eigenvalue weighted by atomic mass is 10.1. The van der Waals surface area contributed by atoms with E-state index in [0.29, 0.717) is 32.6 Å². The van der Waals surface area contributed by atoms with Crippen LogP contribution < -0.4 is 15.0 Å². The number of nitrogens with one attached hydrogen (secondary N) is 1. The third-order valence-corrected chi connectivity index (χ3v) is 6.79. The summed E-state index contributed by atoms with van der Waals surface area (Å²) in [6.07, 6.45) is 1.27. The molecule has 30 heavy (non-hydrogen) atoms. The molecule has 8 heteroatoms. The number of rotatable bonds is 5. The molecule has 1 saturated heterocycles. The van der Waals surface area contributed by atoms with Crippen LogP contribution in [0.5, 0.6) is 5.75 Å². The highest BCUT2D eigenvalue weighted by Gasteiger charge is 2.24. The van der Waals surface area contributed by atoms with E-state index in [0.717, 1.165) is 37.5 Å². The number of hydrogen-bond acceptors (Lipinski definition) is 5. The van der Waals surface area contributed by atoms with Crippen molar-refractivity contribution in [2.45, 2.75) is 19.4 Å². The maximum Gasteiger partial charge on any atom is 0.317 e. The van der Waals surface area contributed by atoms with Gasteiger partial charge in [-0.3, -0.25) is 4.79 Å². The van der Waals surface area contributed by atoms with Crippen LogP contribution in [0.25, 0.3) is 0 Å². The van der Waals surface area contributed by atoms with E-state index < -0.39 is 0 Å². The van der Waals surface area contributed by atoms with E-state index in [9.17, 15) is 9.59 Å². The average molecular weight is 429 g/mol. The van der Waals surface area contributed by atoms with Gasteiger partial charge in [-0.15, -0.1) is 11.3 Å². The zero-order valence-electron chi connectivity index (χ0n) is 17.3. The molecule has 0 bridgehead atoms. The second-order valence-corrected chi connectivity index (χ2v) is 8.56. The van der Waals surface area contributed by atoms with E-state index in [2.05, 4.69) is 21.7 Å². The van der Waals surface area contributed by atoms with Crippen molar-refractivity contribution in [1.82, 2.24) is 15.1 Å². The first-order chi connectivity index (χ1) is 14.7. The molecule has 4 rings (SSSR count). The SMILES string of the molecule is COc1ccccc1N1CCN(C(=O)NCCC(=O)N2CCc3sccc3C2)CC1. The Kier molecular flexibility index (Phi) is 6.42. The minimum atomic E-state index is -0.0961. The summed E-state index contributed by atoms with van der Waals surface area (Å²) in [5.74, 6) is 0.953. The number of hydrogen-bond donors (Lipinski definition) is 1. The van der Waals surface area contributed by atoms with Gasteiger partial charge in [-0.2, -0.15) is 0 Å². The Labute approximate surface area is 181 Å². The van der Waals surface area contributed by atoms with Gasteiger partial charge < -0.3 is 24.8 Å². The topological polar surface area (TPSA) is 65.1 Å². The maximum atomic E-state index is 12.5. The van der Waals surface area contributed by atoms with Gasteiger partial charge in [0.25, 0.3) is 0 Å². The molecule has 0 aliphatic carbocycles. The van der Waals surface area contributed by atoms with Crippen LogP contribution in [-0.4, -0.2) is 68.1 Å². The summed E-state index contributed by atoms with van der Waals surface area (Å²) < 4.78 is 5.44.